The molecular formula is H7BrCaClN. The monoisotopic (exact) mass is 175 g/mol. The van der Waals surface area contributed by atoms with Gasteiger partial charge in [-0.15, -0.1) is 29.4 Å². The minimum atomic E-state index is 0. The second-order valence-electron chi connectivity index (χ2n) is 0. The maximum absolute atomic E-state index is 0. The van der Waals surface area contributed by atoms with Crippen LogP contribution in [-0.4, -0.2) is 37.7 Å². The van der Waals surface area contributed by atoms with Gasteiger partial charge in [-0.25, -0.2) is 0 Å². The van der Waals surface area contributed by atoms with E-state index in [0.717, 1.165) is 0 Å². The van der Waals surface area contributed by atoms with E-state index in [9.17, 15) is 0 Å². The standard InChI is InChI=1S/BrH.Ca.ClH.H3N.2H/h1H;;1H;1H3;;. The molecule has 0 rings (SSSR count). The normalized spacial score (nSPS) is 0. The van der Waals surface area contributed by atoms with Crippen LogP contribution in [0.3, 0.4) is 0 Å². The zero-order valence-corrected chi connectivity index (χ0v) is 4.05. The van der Waals surface area contributed by atoms with Crippen molar-refractivity contribution in [1.29, 1.82) is 0 Å². The Hall–Kier alpha value is 1.99. The van der Waals surface area contributed by atoms with E-state index in [1.165, 1.54) is 0 Å². The Morgan fingerprint density at radius 1 is 1.00 bits per heavy atom. The fourth-order valence-corrected chi connectivity index (χ4v) is 0. The first-order valence-corrected chi connectivity index (χ1v) is 0. The summed E-state index contributed by atoms with van der Waals surface area (Å²) in [6.45, 7) is 0. The molecule has 0 heterocycles. The van der Waals surface area contributed by atoms with Crippen molar-refractivity contribution in [2.24, 2.45) is 0 Å². The van der Waals surface area contributed by atoms with E-state index in [1.807, 2.05) is 0 Å². The molecule has 0 aliphatic heterocycles. The average molecular weight is 176 g/mol. The Morgan fingerprint density at radius 2 is 1.00 bits per heavy atom. The third kappa shape index (κ3) is 9.01. The third-order valence-electron chi connectivity index (χ3n) is 0. The molecule has 4 heteroatoms. The zero-order chi connectivity index (χ0) is 0. The molecule has 28 valence electrons. The summed E-state index contributed by atoms with van der Waals surface area (Å²) < 4.78 is 0. The molecule has 0 radical (unpaired) electrons. The minimum absolute atomic E-state index is 0. The number of hydrogen-bond acceptors (Lipinski definition) is 1. The van der Waals surface area contributed by atoms with Gasteiger partial charge in [-0.2, -0.15) is 0 Å². The van der Waals surface area contributed by atoms with Crippen LogP contribution in [-0.2, 0) is 0 Å². The zero-order valence-electron chi connectivity index (χ0n) is 1.52. The molecule has 0 atom stereocenters. The second-order valence-corrected chi connectivity index (χ2v) is 0. The molecule has 0 aromatic heterocycles. The number of hydrogen-bond donors (Lipinski definition) is 1. The molecule has 0 aromatic carbocycles. The first kappa shape index (κ1) is 37.7. The van der Waals surface area contributed by atoms with Crippen LogP contribution < -0.4 is 6.15 Å². The van der Waals surface area contributed by atoms with Crippen molar-refractivity contribution in [3.05, 3.63) is 0 Å². The molecule has 0 aromatic rings. The van der Waals surface area contributed by atoms with Crippen molar-refractivity contribution in [2.75, 3.05) is 0 Å². The van der Waals surface area contributed by atoms with E-state index in [1.54, 1.807) is 0 Å². The predicted octanol–water partition coefficient (Wildman–Crippen LogP) is 0.245. The Kier molecular flexibility index (Phi) is 189. The van der Waals surface area contributed by atoms with Gasteiger partial charge in [0.25, 0.3) is 0 Å². The summed E-state index contributed by atoms with van der Waals surface area (Å²) in [6, 6.07) is 0. The molecule has 0 saturated heterocycles. The van der Waals surface area contributed by atoms with Crippen LogP contribution in [0.5, 0.6) is 0 Å². The van der Waals surface area contributed by atoms with Gasteiger partial charge in [0.1, 0.15) is 0 Å². The average Bonchev–Trinajstić information content (AvgIpc) is 0. The summed E-state index contributed by atoms with van der Waals surface area (Å²) in [7, 11) is 0. The van der Waals surface area contributed by atoms with Gasteiger partial charge in [-0.05, 0) is 0 Å². The number of rotatable bonds is 0. The third-order valence-corrected chi connectivity index (χ3v) is 0. The van der Waals surface area contributed by atoms with Gasteiger partial charge < -0.3 is 6.15 Å². The van der Waals surface area contributed by atoms with E-state index in [4.69, 9.17) is 0 Å². The van der Waals surface area contributed by atoms with E-state index < -0.39 is 0 Å². The Labute approximate surface area is 72.3 Å². The molecule has 3 N–H and O–H groups in total. The first-order valence-electron chi connectivity index (χ1n) is 0. The maximum atomic E-state index is 0. The summed E-state index contributed by atoms with van der Waals surface area (Å²) in [4.78, 5) is 0. The second kappa shape index (κ2) is 20.1. The van der Waals surface area contributed by atoms with Gasteiger partial charge in [0, 0.05) is 0 Å². The predicted molar refractivity (Wildman–Crippen MR) is 31.1 cm³/mol. The van der Waals surface area contributed by atoms with E-state index >= 15 is 0 Å². The first-order chi connectivity index (χ1) is 0. The summed E-state index contributed by atoms with van der Waals surface area (Å²) in [5, 5.41) is 0. The summed E-state index contributed by atoms with van der Waals surface area (Å²) in [5.41, 5.74) is 0. The van der Waals surface area contributed by atoms with Gasteiger partial charge in [0.05, 0.1) is 0 Å². The van der Waals surface area contributed by atoms with Crippen molar-refractivity contribution in [1.82, 2.24) is 6.15 Å². The van der Waals surface area contributed by atoms with Crippen LogP contribution in [0, 0.1) is 0 Å². The Balaban J connectivity index is 0. The van der Waals surface area contributed by atoms with Crippen LogP contribution in [0.25, 0.3) is 0 Å². The Bertz CT molecular complexity index is 8.00. The van der Waals surface area contributed by atoms with Crippen LogP contribution in [0.4, 0.5) is 0 Å². The fourth-order valence-electron chi connectivity index (χ4n) is 0. The molecule has 0 saturated carbocycles. The van der Waals surface area contributed by atoms with Crippen LogP contribution in [0.2, 0.25) is 0 Å². The molecular weight excluding hydrogens is 169 g/mol. The SMILES string of the molecule is Br.Cl.N.[CaH2]. The molecule has 0 aliphatic rings. The van der Waals surface area contributed by atoms with Gasteiger partial charge >= 0.3 is 37.7 Å². The van der Waals surface area contributed by atoms with E-state index in [-0.39, 0.29) is 73.3 Å². The fraction of sp³-hybridized carbons (Fsp3) is 0. The number of halogens is 2. The van der Waals surface area contributed by atoms with E-state index in [0.29, 0.717) is 0 Å². The molecule has 0 aliphatic carbocycles. The van der Waals surface area contributed by atoms with Crippen molar-refractivity contribution in [3.8, 4) is 0 Å². The van der Waals surface area contributed by atoms with Crippen LogP contribution in [0.15, 0.2) is 0 Å². The molecule has 0 bridgehead atoms. The summed E-state index contributed by atoms with van der Waals surface area (Å²) >= 11 is 0. The van der Waals surface area contributed by atoms with E-state index in [2.05, 4.69) is 0 Å². The quantitative estimate of drug-likeness (QED) is 0.528. The summed E-state index contributed by atoms with van der Waals surface area (Å²) in [6.07, 6.45) is 0. The van der Waals surface area contributed by atoms with Gasteiger partial charge in [0.15, 0.2) is 0 Å². The molecule has 0 unspecified atom stereocenters. The van der Waals surface area contributed by atoms with Crippen molar-refractivity contribution < 1.29 is 0 Å². The molecule has 1 nitrogen and oxygen atoms in total. The molecule has 0 fully saturated rings. The van der Waals surface area contributed by atoms with Crippen LogP contribution >= 0.6 is 29.4 Å². The molecule has 0 spiro atoms. The Morgan fingerprint density at radius 3 is 1.00 bits per heavy atom. The van der Waals surface area contributed by atoms with Crippen molar-refractivity contribution in [3.63, 3.8) is 0 Å². The van der Waals surface area contributed by atoms with Crippen LogP contribution in [0.1, 0.15) is 0 Å². The van der Waals surface area contributed by atoms with Crippen molar-refractivity contribution in [2.45, 2.75) is 0 Å². The van der Waals surface area contributed by atoms with Crippen molar-refractivity contribution >= 4 is 67.1 Å². The molecule has 0 amide bonds. The van der Waals surface area contributed by atoms with Gasteiger partial charge in [0.2, 0.25) is 0 Å². The van der Waals surface area contributed by atoms with Gasteiger partial charge in [-0.3, -0.25) is 0 Å². The summed E-state index contributed by atoms with van der Waals surface area (Å²) in [5.74, 6) is 0. The molecule has 4 heavy (non-hydrogen) atoms. The topological polar surface area (TPSA) is 35.0 Å². The van der Waals surface area contributed by atoms with Gasteiger partial charge in [-0.1, -0.05) is 0 Å².